The van der Waals surface area contributed by atoms with Crippen molar-refractivity contribution in [2.24, 2.45) is 0 Å². The molecule has 0 N–H and O–H groups in total. The van der Waals surface area contributed by atoms with Crippen molar-refractivity contribution in [3.8, 4) is 17.2 Å². The smallest absolute Gasteiger partial charge is 0.308 e. The molecular weight excluding hydrogens is 482 g/mol. The van der Waals surface area contributed by atoms with Crippen molar-refractivity contribution in [1.82, 2.24) is 14.8 Å². The Morgan fingerprint density at radius 3 is 2.53 bits per heavy atom. The van der Waals surface area contributed by atoms with Crippen LogP contribution in [0.25, 0.3) is 5.69 Å². The van der Waals surface area contributed by atoms with Crippen LogP contribution in [-0.2, 0) is 14.3 Å². The van der Waals surface area contributed by atoms with Crippen molar-refractivity contribution < 1.29 is 23.7 Å². The van der Waals surface area contributed by atoms with Gasteiger partial charge in [-0.25, -0.2) is 0 Å². The lowest BCUT2D eigenvalue weighted by atomic mass is 9.97. The van der Waals surface area contributed by atoms with E-state index in [0.29, 0.717) is 22.3 Å². The molecule has 192 valence electrons. The van der Waals surface area contributed by atoms with Gasteiger partial charge in [0.05, 0.1) is 32.9 Å². The van der Waals surface area contributed by atoms with Gasteiger partial charge in [0.15, 0.2) is 17.3 Å². The number of hydrogen-bond acceptors (Lipinski definition) is 7. The summed E-state index contributed by atoms with van der Waals surface area (Å²) in [6, 6.07) is 11.3. The average molecular weight is 514 g/mol. The van der Waals surface area contributed by atoms with E-state index in [2.05, 4.69) is 24.0 Å². The van der Waals surface area contributed by atoms with Crippen molar-refractivity contribution in [3.63, 3.8) is 0 Å². The van der Waals surface area contributed by atoms with Gasteiger partial charge in [0.1, 0.15) is 18.0 Å². The van der Waals surface area contributed by atoms with E-state index < -0.39 is 12.2 Å². The lowest BCUT2D eigenvalue weighted by Crippen LogP contribution is -2.17. The van der Waals surface area contributed by atoms with E-state index in [-0.39, 0.29) is 24.9 Å². The zero-order valence-corrected chi connectivity index (χ0v) is 22.0. The molecule has 4 rings (SSSR count). The number of aromatic nitrogens is 3. The lowest BCUT2D eigenvalue weighted by Gasteiger charge is -2.24. The highest BCUT2D eigenvalue weighted by Crippen LogP contribution is 2.47. The molecule has 0 amide bonds. The van der Waals surface area contributed by atoms with Crippen LogP contribution in [0, 0.1) is 0 Å². The van der Waals surface area contributed by atoms with Crippen LogP contribution >= 0.6 is 11.6 Å². The number of nitrogens with zero attached hydrogens (tertiary/aromatic N) is 3. The monoisotopic (exact) mass is 513 g/mol. The van der Waals surface area contributed by atoms with Crippen LogP contribution in [0.15, 0.2) is 36.4 Å². The minimum absolute atomic E-state index is 0.0145. The molecule has 0 saturated carbocycles. The van der Waals surface area contributed by atoms with Crippen molar-refractivity contribution in [1.29, 1.82) is 0 Å². The number of hydrogen-bond donors (Lipinski definition) is 0. The zero-order valence-electron chi connectivity index (χ0n) is 21.3. The Labute approximate surface area is 216 Å². The summed E-state index contributed by atoms with van der Waals surface area (Å²) in [5, 5.41) is 9.68. The van der Waals surface area contributed by atoms with E-state index in [4.69, 9.17) is 30.5 Å². The average Bonchev–Trinajstić information content (AvgIpc) is 3.26. The van der Waals surface area contributed by atoms with E-state index in [1.165, 1.54) is 0 Å². The van der Waals surface area contributed by atoms with Gasteiger partial charge in [0, 0.05) is 22.1 Å². The van der Waals surface area contributed by atoms with Crippen molar-refractivity contribution in [2.75, 3.05) is 20.8 Å². The molecule has 0 spiro atoms. The molecule has 36 heavy (non-hydrogen) atoms. The molecule has 9 heteroatoms. The Morgan fingerprint density at radius 1 is 1.08 bits per heavy atom. The highest BCUT2D eigenvalue weighted by atomic mass is 35.5. The molecule has 0 bridgehead atoms. The third-order valence-electron chi connectivity index (χ3n) is 6.54. The molecule has 2 unspecified atom stereocenters. The fourth-order valence-corrected chi connectivity index (χ4v) is 4.97. The van der Waals surface area contributed by atoms with Gasteiger partial charge in [-0.3, -0.25) is 9.36 Å². The summed E-state index contributed by atoms with van der Waals surface area (Å²) in [5.74, 6) is 2.31. The van der Waals surface area contributed by atoms with Crippen LogP contribution in [0.2, 0.25) is 5.02 Å². The summed E-state index contributed by atoms with van der Waals surface area (Å²) in [4.78, 5) is 12.7. The maximum absolute atomic E-state index is 12.7. The SMILES string of the molecule is CCOC(=O)CC1OC(c2cccc(OC)c2OC)c2cc(Cl)ccc2-n2c(C(CC)CC)nnc21. The summed E-state index contributed by atoms with van der Waals surface area (Å²) in [6.45, 7) is 6.32. The van der Waals surface area contributed by atoms with Gasteiger partial charge in [0.25, 0.3) is 0 Å². The van der Waals surface area contributed by atoms with Crippen LogP contribution < -0.4 is 9.47 Å². The Kier molecular flexibility index (Phi) is 8.16. The number of benzene rings is 2. The third kappa shape index (κ3) is 4.80. The van der Waals surface area contributed by atoms with Gasteiger partial charge >= 0.3 is 5.97 Å². The van der Waals surface area contributed by atoms with Crippen LogP contribution in [-0.4, -0.2) is 41.6 Å². The van der Waals surface area contributed by atoms with Crippen LogP contribution in [0.3, 0.4) is 0 Å². The highest BCUT2D eigenvalue weighted by Gasteiger charge is 2.37. The Morgan fingerprint density at radius 2 is 1.86 bits per heavy atom. The fourth-order valence-electron chi connectivity index (χ4n) is 4.79. The molecular formula is C27H32ClN3O5. The minimum Gasteiger partial charge on any atom is -0.493 e. The number of fused-ring (bicyclic) bond motifs is 3. The number of carbonyl (C=O) groups is 1. The van der Waals surface area contributed by atoms with Crippen molar-refractivity contribution in [2.45, 2.75) is 58.2 Å². The molecule has 2 aromatic carbocycles. The maximum Gasteiger partial charge on any atom is 0.308 e. The topological polar surface area (TPSA) is 84.7 Å². The second-order valence-electron chi connectivity index (χ2n) is 8.57. The number of methoxy groups -OCH3 is 2. The summed E-state index contributed by atoms with van der Waals surface area (Å²) in [5.41, 5.74) is 2.41. The van der Waals surface area contributed by atoms with Gasteiger partial charge in [-0.2, -0.15) is 0 Å². The maximum atomic E-state index is 12.7. The van der Waals surface area contributed by atoms with Crippen LogP contribution in [0.1, 0.15) is 80.9 Å². The highest BCUT2D eigenvalue weighted by molar-refractivity contribution is 6.30. The van der Waals surface area contributed by atoms with Crippen molar-refractivity contribution in [3.05, 3.63) is 64.2 Å². The van der Waals surface area contributed by atoms with Crippen LogP contribution in [0.5, 0.6) is 11.5 Å². The number of ether oxygens (including phenoxy) is 4. The first kappa shape index (κ1) is 26.0. The second kappa shape index (κ2) is 11.3. The number of halogens is 1. The predicted octanol–water partition coefficient (Wildman–Crippen LogP) is 5.96. The molecule has 1 aliphatic rings. The van der Waals surface area contributed by atoms with Gasteiger partial charge < -0.3 is 18.9 Å². The van der Waals surface area contributed by atoms with E-state index in [9.17, 15) is 4.79 Å². The normalized spacial score (nSPS) is 16.8. The molecule has 8 nitrogen and oxygen atoms in total. The first-order valence-electron chi connectivity index (χ1n) is 12.2. The molecule has 2 heterocycles. The standard InChI is InChI=1S/C27H32ClN3O5/c1-6-16(7-2)26-29-30-27-22(15-23(32)35-8-3)36-24(18-10-9-11-21(33-4)25(18)34-5)19-14-17(28)12-13-20(19)31(26)27/h9-14,16,22,24H,6-8,15H2,1-5H3. The van der Waals surface area contributed by atoms with Gasteiger partial charge in [0.2, 0.25) is 0 Å². The molecule has 0 radical (unpaired) electrons. The first-order valence-corrected chi connectivity index (χ1v) is 12.6. The zero-order chi connectivity index (χ0) is 25.8. The van der Waals surface area contributed by atoms with E-state index >= 15 is 0 Å². The molecule has 0 aliphatic carbocycles. The summed E-state index contributed by atoms with van der Waals surface area (Å²) >= 11 is 6.51. The number of para-hydroxylation sites is 1. The summed E-state index contributed by atoms with van der Waals surface area (Å²) in [7, 11) is 3.18. The molecule has 1 aromatic heterocycles. The number of rotatable bonds is 9. The Bertz CT molecular complexity index is 1220. The quantitative estimate of drug-likeness (QED) is 0.326. The van der Waals surface area contributed by atoms with Gasteiger partial charge in [-0.15, -0.1) is 10.2 Å². The molecule has 1 aliphatic heterocycles. The number of carbonyl (C=O) groups excluding carboxylic acids is 1. The summed E-state index contributed by atoms with van der Waals surface area (Å²) in [6.07, 6.45) is 0.438. The summed E-state index contributed by atoms with van der Waals surface area (Å²) < 4.78 is 25.3. The number of esters is 1. The van der Waals surface area contributed by atoms with Gasteiger partial charge in [-0.1, -0.05) is 37.6 Å². The Balaban J connectivity index is 1.98. The van der Waals surface area contributed by atoms with Gasteiger partial charge in [-0.05, 0) is 44.0 Å². The molecule has 3 aromatic rings. The minimum atomic E-state index is -0.716. The first-order chi connectivity index (χ1) is 17.5. The molecule has 2 atom stereocenters. The third-order valence-corrected chi connectivity index (χ3v) is 6.77. The largest absolute Gasteiger partial charge is 0.493 e. The Hall–Kier alpha value is -3.10. The predicted molar refractivity (Wildman–Crippen MR) is 136 cm³/mol. The molecule has 0 fully saturated rings. The van der Waals surface area contributed by atoms with Crippen LogP contribution in [0.4, 0.5) is 0 Å². The fraction of sp³-hybridized carbons (Fsp3) is 0.444. The second-order valence-corrected chi connectivity index (χ2v) is 9.00. The lowest BCUT2D eigenvalue weighted by molar-refractivity contribution is -0.147. The van der Waals surface area contributed by atoms with E-state index in [1.54, 1.807) is 21.1 Å². The van der Waals surface area contributed by atoms with E-state index in [1.807, 2.05) is 41.0 Å². The van der Waals surface area contributed by atoms with E-state index in [0.717, 1.165) is 35.5 Å². The molecule has 0 saturated heterocycles. The van der Waals surface area contributed by atoms with Crippen molar-refractivity contribution >= 4 is 17.6 Å².